The SMILES string of the molecule is COc1cccc(NC(=O)COC(=O)CCC(=O)c2cc(C)ccc2C)c1. The minimum Gasteiger partial charge on any atom is -0.497 e. The van der Waals surface area contributed by atoms with Crippen molar-refractivity contribution in [2.24, 2.45) is 0 Å². The molecule has 6 heteroatoms. The molecule has 1 amide bonds. The van der Waals surface area contributed by atoms with Crippen LogP contribution in [0.15, 0.2) is 42.5 Å². The molecule has 27 heavy (non-hydrogen) atoms. The molecule has 0 heterocycles. The number of amides is 1. The molecule has 142 valence electrons. The van der Waals surface area contributed by atoms with Crippen LogP contribution in [-0.4, -0.2) is 31.4 Å². The summed E-state index contributed by atoms with van der Waals surface area (Å²) in [5.41, 5.74) is 3.01. The number of rotatable bonds is 8. The average molecular weight is 369 g/mol. The molecule has 0 aromatic heterocycles. The lowest BCUT2D eigenvalue weighted by Gasteiger charge is -2.08. The van der Waals surface area contributed by atoms with E-state index in [9.17, 15) is 14.4 Å². The number of Topliss-reactive ketones (excluding diaryl/α,β-unsaturated/α-hetero) is 1. The van der Waals surface area contributed by atoms with Gasteiger partial charge in [0.15, 0.2) is 12.4 Å². The molecule has 2 aromatic carbocycles. The van der Waals surface area contributed by atoms with Gasteiger partial charge in [0.05, 0.1) is 13.5 Å². The van der Waals surface area contributed by atoms with Crippen LogP contribution in [0.1, 0.15) is 34.3 Å². The van der Waals surface area contributed by atoms with E-state index in [2.05, 4.69) is 5.32 Å². The van der Waals surface area contributed by atoms with E-state index in [1.807, 2.05) is 32.0 Å². The van der Waals surface area contributed by atoms with E-state index in [-0.39, 0.29) is 18.6 Å². The Morgan fingerprint density at radius 1 is 1.00 bits per heavy atom. The molecule has 0 bridgehead atoms. The topological polar surface area (TPSA) is 81.7 Å². The Morgan fingerprint density at radius 3 is 2.52 bits per heavy atom. The molecule has 0 aliphatic heterocycles. The summed E-state index contributed by atoms with van der Waals surface area (Å²) in [6.07, 6.45) is -0.0285. The number of hydrogen-bond acceptors (Lipinski definition) is 5. The van der Waals surface area contributed by atoms with Gasteiger partial charge in [-0.05, 0) is 37.6 Å². The first-order valence-corrected chi connectivity index (χ1v) is 8.59. The van der Waals surface area contributed by atoms with E-state index in [0.29, 0.717) is 17.0 Å². The van der Waals surface area contributed by atoms with Crippen molar-refractivity contribution >= 4 is 23.3 Å². The number of nitrogens with one attached hydrogen (secondary N) is 1. The van der Waals surface area contributed by atoms with Crippen LogP contribution in [-0.2, 0) is 14.3 Å². The fourth-order valence-corrected chi connectivity index (χ4v) is 2.50. The number of hydrogen-bond donors (Lipinski definition) is 1. The summed E-state index contributed by atoms with van der Waals surface area (Å²) in [5, 5.41) is 2.61. The molecule has 0 radical (unpaired) electrons. The fraction of sp³-hybridized carbons (Fsp3) is 0.286. The van der Waals surface area contributed by atoms with E-state index < -0.39 is 18.5 Å². The Kier molecular flexibility index (Phi) is 7.11. The van der Waals surface area contributed by atoms with E-state index >= 15 is 0 Å². The van der Waals surface area contributed by atoms with E-state index in [1.54, 1.807) is 24.3 Å². The highest BCUT2D eigenvalue weighted by Crippen LogP contribution is 2.17. The molecule has 0 fully saturated rings. The van der Waals surface area contributed by atoms with Gasteiger partial charge in [0.25, 0.3) is 5.91 Å². The van der Waals surface area contributed by atoms with Crippen LogP contribution in [0.4, 0.5) is 5.69 Å². The number of methoxy groups -OCH3 is 1. The summed E-state index contributed by atoms with van der Waals surface area (Å²) in [7, 11) is 1.53. The summed E-state index contributed by atoms with van der Waals surface area (Å²) in [6.45, 7) is 3.35. The van der Waals surface area contributed by atoms with Gasteiger partial charge in [0, 0.05) is 23.7 Å². The minimum atomic E-state index is -0.588. The largest absolute Gasteiger partial charge is 0.497 e. The third-order valence-corrected chi connectivity index (χ3v) is 3.97. The molecule has 0 spiro atoms. The number of benzene rings is 2. The van der Waals surface area contributed by atoms with Gasteiger partial charge in [0.2, 0.25) is 0 Å². The third-order valence-electron chi connectivity index (χ3n) is 3.97. The molecule has 0 saturated heterocycles. The van der Waals surface area contributed by atoms with Gasteiger partial charge in [-0.1, -0.05) is 23.8 Å². The van der Waals surface area contributed by atoms with Crippen LogP contribution in [0.3, 0.4) is 0 Å². The molecule has 0 saturated carbocycles. The lowest BCUT2D eigenvalue weighted by atomic mass is 9.99. The summed E-state index contributed by atoms with van der Waals surface area (Å²) >= 11 is 0. The predicted molar refractivity (Wildman–Crippen MR) is 102 cm³/mol. The molecular weight excluding hydrogens is 346 g/mol. The summed E-state index contributed by atoms with van der Waals surface area (Å²) in [6, 6.07) is 12.5. The van der Waals surface area contributed by atoms with Crippen molar-refractivity contribution in [1.82, 2.24) is 0 Å². The van der Waals surface area contributed by atoms with Crippen molar-refractivity contribution in [2.45, 2.75) is 26.7 Å². The number of anilines is 1. The van der Waals surface area contributed by atoms with Gasteiger partial charge in [-0.3, -0.25) is 14.4 Å². The first-order chi connectivity index (χ1) is 12.9. The van der Waals surface area contributed by atoms with E-state index in [0.717, 1.165) is 11.1 Å². The number of aryl methyl sites for hydroxylation is 2. The number of ether oxygens (including phenoxy) is 2. The second kappa shape index (κ2) is 9.52. The van der Waals surface area contributed by atoms with Gasteiger partial charge < -0.3 is 14.8 Å². The highest BCUT2D eigenvalue weighted by atomic mass is 16.5. The average Bonchev–Trinajstić information content (AvgIpc) is 2.66. The molecule has 2 rings (SSSR count). The van der Waals surface area contributed by atoms with E-state index in [1.165, 1.54) is 7.11 Å². The van der Waals surface area contributed by atoms with E-state index in [4.69, 9.17) is 9.47 Å². The lowest BCUT2D eigenvalue weighted by Crippen LogP contribution is -2.21. The Balaban J connectivity index is 1.77. The van der Waals surface area contributed by atoms with Crippen LogP contribution in [0, 0.1) is 13.8 Å². The predicted octanol–water partition coefficient (Wildman–Crippen LogP) is 3.46. The highest BCUT2D eigenvalue weighted by Gasteiger charge is 2.14. The monoisotopic (exact) mass is 369 g/mol. The Labute approximate surface area is 158 Å². The van der Waals surface area contributed by atoms with Crippen molar-refractivity contribution in [1.29, 1.82) is 0 Å². The van der Waals surface area contributed by atoms with Crippen LogP contribution in [0.5, 0.6) is 5.75 Å². The van der Waals surface area contributed by atoms with Crippen LogP contribution >= 0.6 is 0 Å². The number of carbonyl (C=O) groups is 3. The summed E-state index contributed by atoms with van der Waals surface area (Å²) in [4.78, 5) is 35.9. The smallest absolute Gasteiger partial charge is 0.306 e. The molecule has 0 unspecified atom stereocenters. The maximum atomic E-state index is 12.3. The van der Waals surface area contributed by atoms with Gasteiger partial charge in [-0.2, -0.15) is 0 Å². The third kappa shape index (κ3) is 6.26. The van der Waals surface area contributed by atoms with Crippen LogP contribution in [0.2, 0.25) is 0 Å². The van der Waals surface area contributed by atoms with Crippen molar-refractivity contribution in [3.8, 4) is 5.75 Å². The van der Waals surface area contributed by atoms with Gasteiger partial charge >= 0.3 is 5.97 Å². The maximum Gasteiger partial charge on any atom is 0.306 e. The summed E-state index contributed by atoms with van der Waals surface area (Å²) in [5.74, 6) is -0.560. The Bertz CT molecular complexity index is 844. The zero-order valence-electron chi connectivity index (χ0n) is 15.7. The molecule has 6 nitrogen and oxygen atoms in total. The number of esters is 1. The number of carbonyl (C=O) groups excluding carboxylic acids is 3. The Morgan fingerprint density at radius 2 is 1.78 bits per heavy atom. The highest BCUT2D eigenvalue weighted by molar-refractivity contribution is 5.99. The first-order valence-electron chi connectivity index (χ1n) is 8.59. The second-order valence-corrected chi connectivity index (χ2v) is 6.18. The number of ketones is 1. The van der Waals surface area contributed by atoms with Gasteiger partial charge in [-0.25, -0.2) is 0 Å². The van der Waals surface area contributed by atoms with Crippen molar-refractivity contribution < 1.29 is 23.9 Å². The Hall–Kier alpha value is -3.15. The fourth-order valence-electron chi connectivity index (χ4n) is 2.50. The zero-order chi connectivity index (χ0) is 19.8. The molecular formula is C21H23NO5. The second-order valence-electron chi connectivity index (χ2n) is 6.18. The molecule has 0 aliphatic rings. The van der Waals surface area contributed by atoms with Crippen molar-refractivity contribution in [3.63, 3.8) is 0 Å². The quantitative estimate of drug-likeness (QED) is 0.569. The lowest BCUT2D eigenvalue weighted by molar-refractivity contribution is -0.147. The van der Waals surface area contributed by atoms with Gasteiger partial charge in [-0.15, -0.1) is 0 Å². The minimum absolute atomic E-state index is 0.0423. The van der Waals surface area contributed by atoms with Crippen LogP contribution < -0.4 is 10.1 Å². The molecule has 0 aliphatic carbocycles. The molecule has 1 N–H and O–H groups in total. The van der Waals surface area contributed by atoms with Crippen LogP contribution in [0.25, 0.3) is 0 Å². The maximum absolute atomic E-state index is 12.3. The molecule has 2 aromatic rings. The zero-order valence-corrected chi connectivity index (χ0v) is 15.7. The molecule has 0 atom stereocenters. The summed E-state index contributed by atoms with van der Waals surface area (Å²) < 4.78 is 10.0. The standard InChI is InChI=1S/C21H23NO5/c1-14-7-8-15(2)18(11-14)19(23)9-10-21(25)27-13-20(24)22-16-5-4-6-17(12-16)26-3/h4-8,11-12H,9-10,13H2,1-3H3,(H,22,24). The van der Waals surface area contributed by atoms with Gasteiger partial charge in [0.1, 0.15) is 5.75 Å². The first kappa shape index (κ1) is 20.2. The van der Waals surface area contributed by atoms with Crippen molar-refractivity contribution in [3.05, 3.63) is 59.2 Å². The van der Waals surface area contributed by atoms with Crippen molar-refractivity contribution in [2.75, 3.05) is 19.0 Å². The normalized spacial score (nSPS) is 10.2.